The van der Waals surface area contributed by atoms with Gasteiger partial charge < -0.3 is 5.73 Å². The average molecular weight is 343 g/mol. The van der Waals surface area contributed by atoms with Gasteiger partial charge in [-0.25, -0.2) is 4.98 Å². The van der Waals surface area contributed by atoms with Gasteiger partial charge in [0.1, 0.15) is 0 Å². The lowest BCUT2D eigenvalue weighted by Gasteiger charge is -2.28. The molecule has 1 heterocycles. The molecule has 7 heteroatoms. The first-order chi connectivity index (χ1) is 10.8. The molecular weight excluding hydrogens is 323 g/mol. The number of rotatable bonds is 6. The fourth-order valence-electron chi connectivity index (χ4n) is 2.60. The summed E-state index contributed by atoms with van der Waals surface area (Å²) in [6.45, 7) is 5.32. The minimum atomic E-state index is -4.32. The van der Waals surface area contributed by atoms with Crippen LogP contribution in [-0.2, 0) is 19.1 Å². The van der Waals surface area contributed by atoms with Crippen LogP contribution in [-0.4, -0.2) is 22.5 Å². The Hall–Kier alpha value is -1.60. The highest BCUT2D eigenvalue weighted by Gasteiger charge is 2.33. The molecule has 0 spiro atoms. The van der Waals surface area contributed by atoms with Crippen LogP contribution in [0.25, 0.3) is 0 Å². The lowest BCUT2D eigenvalue weighted by atomic mass is 9.99. The van der Waals surface area contributed by atoms with E-state index in [0.29, 0.717) is 23.7 Å². The van der Waals surface area contributed by atoms with E-state index < -0.39 is 11.7 Å². The molecule has 2 aromatic rings. The average Bonchev–Trinajstić information content (AvgIpc) is 2.89. The number of halogens is 3. The molecule has 1 atom stereocenters. The molecule has 2 rings (SSSR count). The number of aromatic nitrogens is 1. The smallest absolute Gasteiger partial charge is 0.375 e. The predicted octanol–water partition coefficient (Wildman–Crippen LogP) is 4.20. The molecule has 3 nitrogen and oxygen atoms in total. The van der Waals surface area contributed by atoms with Crippen molar-refractivity contribution >= 4 is 16.5 Å². The molecule has 0 fully saturated rings. The number of nitrogens with two attached hydrogens (primary N) is 1. The number of thiazole rings is 1. The predicted molar refractivity (Wildman–Crippen MR) is 87.2 cm³/mol. The standard InChI is InChI=1S/C16H20F3N3S/c1-3-22(10-13-9-21-15(20)23-13)11(2)8-12-6-4-5-7-14(12)16(17,18)19/h4-7,9,11H,3,8,10H2,1-2H3,(H2,20,21). The van der Waals surface area contributed by atoms with E-state index in [-0.39, 0.29) is 6.04 Å². The molecular formula is C16H20F3N3S. The summed E-state index contributed by atoms with van der Waals surface area (Å²) in [5.41, 5.74) is 5.40. The van der Waals surface area contributed by atoms with Gasteiger partial charge in [0, 0.05) is 23.7 Å². The van der Waals surface area contributed by atoms with Crippen molar-refractivity contribution in [3.63, 3.8) is 0 Å². The van der Waals surface area contributed by atoms with E-state index in [0.717, 1.165) is 17.5 Å². The summed E-state index contributed by atoms with van der Waals surface area (Å²) in [7, 11) is 0. The maximum absolute atomic E-state index is 13.1. The van der Waals surface area contributed by atoms with Crippen LogP contribution in [0, 0.1) is 0 Å². The van der Waals surface area contributed by atoms with Gasteiger partial charge in [0.2, 0.25) is 0 Å². The Bertz CT molecular complexity index is 639. The number of hydrogen-bond acceptors (Lipinski definition) is 4. The third-order valence-electron chi connectivity index (χ3n) is 3.80. The highest BCUT2D eigenvalue weighted by atomic mass is 32.1. The largest absolute Gasteiger partial charge is 0.416 e. The molecule has 0 radical (unpaired) electrons. The molecule has 1 aromatic carbocycles. The minimum absolute atomic E-state index is 0.0215. The van der Waals surface area contributed by atoms with E-state index in [9.17, 15) is 13.2 Å². The highest BCUT2D eigenvalue weighted by Crippen LogP contribution is 2.32. The van der Waals surface area contributed by atoms with Crippen LogP contribution in [0.1, 0.15) is 29.9 Å². The minimum Gasteiger partial charge on any atom is -0.375 e. The van der Waals surface area contributed by atoms with Gasteiger partial charge in [-0.3, -0.25) is 4.90 Å². The van der Waals surface area contributed by atoms with Crippen molar-refractivity contribution in [3.8, 4) is 0 Å². The Morgan fingerprint density at radius 1 is 1.30 bits per heavy atom. The summed E-state index contributed by atoms with van der Waals surface area (Å²) in [4.78, 5) is 7.15. The molecule has 0 amide bonds. The van der Waals surface area contributed by atoms with Crippen LogP contribution in [0.2, 0.25) is 0 Å². The summed E-state index contributed by atoms with van der Waals surface area (Å²) in [6, 6.07) is 5.75. The second kappa shape index (κ2) is 7.31. The van der Waals surface area contributed by atoms with Gasteiger partial charge >= 0.3 is 6.18 Å². The summed E-state index contributed by atoms with van der Waals surface area (Å²) in [5.74, 6) is 0. The van der Waals surface area contributed by atoms with Crippen molar-refractivity contribution in [3.05, 3.63) is 46.5 Å². The fraction of sp³-hybridized carbons (Fsp3) is 0.438. The van der Waals surface area contributed by atoms with Gasteiger partial charge in [-0.05, 0) is 31.5 Å². The van der Waals surface area contributed by atoms with Crippen molar-refractivity contribution in [2.75, 3.05) is 12.3 Å². The van der Waals surface area contributed by atoms with Gasteiger partial charge in [-0.2, -0.15) is 13.2 Å². The van der Waals surface area contributed by atoms with Crippen LogP contribution in [0.15, 0.2) is 30.5 Å². The Morgan fingerprint density at radius 2 is 2.00 bits per heavy atom. The Labute approximate surface area is 137 Å². The lowest BCUT2D eigenvalue weighted by molar-refractivity contribution is -0.138. The van der Waals surface area contributed by atoms with Gasteiger partial charge in [-0.15, -0.1) is 11.3 Å². The quantitative estimate of drug-likeness (QED) is 0.855. The Kier molecular flexibility index (Phi) is 5.64. The van der Waals surface area contributed by atoms with Crippen molar-refractivity contribution < 1.29 is 13.2 Å². The van der Waals surface area contributed by atoms with Crippen molar-refractivity contribution in [2.24, 2.45) is 0 Å². The van der Waals surface area contributed by atoms with Gasteiger partial charge in [0.25, 0.3) is 0 Å². The molecule has 0 saturated carbocycles. The van der Waals surface area contributed by atoms with Crippen molar-refractivity contribution in [2.45, 2.75) is 39.0 Å². The maximum atomic E-state index is 13.1. The first-order valence-corrected chi connectivity index (χ1v) is 8.22. The van der Waals surface area contributed by atoms with Crippen LogP contribution >= 0.6 is 11.3 Å². The molecule has 1 aromatic heterocycles. The molecule has 0 saturated heterocycles. The van der Waals surface area contributed by atoms with E-state index in [2.05, 4.69) is 9.88 Å². The number of alkyl halides is 3. The first-order valence-electron chi connectivity index (χ1n) is 7.40. The van der Waals surface area contributed by atoms with Crippen molar-refractivity contribution in [1.29, 1.82) is 0 Å². The molecule has 0 aliphatic heterocycles. The SMILES string of the molecule is CCN(Cc1cnc(N)s1)C(C)Cc1ccccc1C(F)(F)F. The van der Waals surface area contributed by atoms with Crippen LogP contribution in [0.3, 0.4) is 0 Å². The number of benzene rings is 1. The van der Waals surface area contributed by atoms with Crippen LogP contribution in [0.4, 0.5) is 18.3 Å². The van der Waals surface area contributed by atoms with E-state index in [1.165, 1.54) is 17.4 Å². The highest BCUT2D eigenvalue weighted by molar-refractivity contribution is 7.15. The van der Waals surface area contributed by atoms with Crippen LogP contribution < -0.4 is 5.73 Å². The maximum Gasteiger partial charge on any atom is 0.416 e. The van der Waals surface area contributed by atoms with Crippen molar-refractivity contribution in [1.82, 2.24) is 9.88 Å². The molecule has 23 heavy (non-hydrogen) atoms. The Balaban J connectivity index is 2.12. The van der Waals surface area contributed by atoms with E-state index in [4.69, 9.17) is 5.73 Å². The zero-order chi connectivity index (χ0) is 17.0. The van der Waals surface area contributed by atoms with Crippen LogP contribution in [0.5, 0.6) is 0 Å². The van der Waals surface area contributed by atoms with E-state index in [1.807, 2.05) is 13.8 Å². The number of likely N-dealkylation sites (N-methyl/N-ethyl adjacent to an activating group) is 1. The summed E-state index contributed by atoms with van der Waals surface area (Å²) >= 11 is 1.41. The zero-order valence-electron chi connectivity index (χ0n) is 13.1. The molecule has 0 aliphatic carbocycles. The normalized spacial score (nSPS) is 13.5. The molecule has 0 aliphatic rings. The first kappa shape index (κ1) is 17.7. The molecule has 1 unspecified atom stereocenters. The second-order valence-corrected chi connectivity index (χ2v) is 6.58. The number of nitrogen functional groups attached to an aromatic ring is 1. The molecule has 126 valence electrons. The van der Waals surface area contributed by atoms with Gasteiger partial charge in [-0.1, -0.05) is 25.1 Å². The number of hydrogen-bond donors (Lipinski definition) is 1. The second-order valence-electron chi connectivity index (χ2n) is 5.44. The lowest BCUT2D eigenvalue weighted by Crippen LogP contribution is -2.34. The third-order valence-corrected chi connectivity index (χ3v) is 4.61. The van der Waals surface area contributed by atoms with E-state index in [1.54, 1.807) is 18.3 Å². The summed E-state index contributed by atoms with van der Waals surface area (Å²) in [5, 5.41) is 0.506. The summed E-state index contributed by atoms with van der Waals surface area (Å²) in [6.07, 6.45) is -2.25. The third kappa shape index (κ3) is 4.68. The Morgan fingerprint density at radius 3 is 2.57 bits per heavy atom. The topological polar surface area (TPSA) is 42.2 Å². The molecule has 2 N–H and O–H groups in total. The van der Waals surface area contributed by atoms with Gasteiger partial charge in [0.15, 0.2) is 5.13 Å². The van der Waals surface area contributed by atoms with Gasteiger partial charge in [0.05, 0.1) is 5.56 Å². The zero-order valence-corrected chi connectivity index (χ0v) is 13.9. The monoisotopic (exact) mass is 343 g/mol. The molecule has 0 bridgehead atoms. The number of anilines is 1. The number of nitrogens with zero attached hydrogens (tertiary/aromatic N) is 2. The fourth-order valence-corrected chi connectivity index (χ4v) is 3.31. The van der Waals surface area contributed by atoms with E-state index >= 15 is 0 Å². The summed E-state index contributed by atoms with van der Waals surface area (Å²) < 4.78 is 39.3.